The Morgan fingerprint density at radius 2 is 1.02 bits per heavy atom. The van der Waals surface area contributed by atoms with Gasteiger partial charge >= 0.3 is 0 Å². The summed E-state index contributed by atoms with van der Waals surface area (Å²) in [4.78, 5) is 7.52. The largest absolute Gasteiger partial charge is 0.435 e. The molecular weight excluding hydrogens is 609 g/mol. The number of rotatable bonds is 5. The normalized spacial score (nSPS) is 11.6. The molecule has 0 unspecified atom stereocenters. The van der Waals surface area contributed by atoms with Crippen LogP contribution < -0.4 is 4.90 Å². The lowest BCUT2D eigenvalue weighted by Gasteiger charge is -2.27. The van der Waals surface area contributed by atoms with Crippen LogP contribution in [0.2, 0.25) is 0 Å². The summed E-state index contributed by atoms with van der Waals surface area (Å²) in [6.07, 6.45) is 0. The summed E-state index contributed by atoms with van der Waals surface area (Å²) in [5.74, 6) is 0.634. The molecule has 10 aromatic rings. The van der Waals surface area contributed by atoms with Crippen molar-refractivity contribution in [3.05, 3.63) is 182 Å². The third-order valence-electron chi connectivity index (χ3n) is 9.85. The van der Waals surface area contributed by atoms with Crippen LogP contribution in [0.1, 0.15) is 0 Å². The van der Waals surface area contributed by atoms with Crippen molar-refractivity contribution in [2.24, 2.45) is 0 Å². The second-order valence-electron chi connectivity index (χ2n) is 12.7. The van der Waals surface area contributed by atoms with Crippen molar-refractivity contribution in [2.45, 2.75) is 0 Å². The monoisotopic (exact) mass is 638 g/mol. The predicted molar refractivity (Wildman–Crippen MR) is 210 cm³/mol. The number of hydrogen-bond acceptors (Lipinski definition) is 3. The van der Waals surface area contributed by atoms with Gasteiger partial charge in [0.2, 0.25) is 5.89 Å². The Morgan fingerprint density at radius 1 is 0.420 bits per heavy atom. The van der Waals surface area contributed by atoms with Crippen molar-refractivity contribution >= 4 is 71.3 Å². The van der Waals surface area contributed by atoms with Crippen LogP contribution in [0.25, 0.3) is 76.8 Å². The minimum absolute atomic E-state index is 0.634. The molecule has 0 spiro atoms. The Morgan fingerprint density at radius 3 is 1.74 bits per heavy atom. The van der Waals surface area contributed by atoms with Gasteiger partial charge in [-0.15, -0.1) is 0 Å². The standard InChI is InChI=1S/C47H30N2O/c1-4-14-32(15-5-1)47-48-45-44-40(38-21-11-13-23-41(38)46(45)50-47)27-26-31-24-25-33(30-42(31)44)36-28-29-43(39-22-12-10-20-37(36)39)49(34-16-6-2-7-17-34)35-18-8-3-9-19-35/h1-30H. The minimum Gasteiger partial charge on any atom is -0.435 e. The van der Waals surface area contributed by atoms with Crippen LogP contribution in [0.5, 0.6) is 0 Å². The van der Waals surface area contributed by atoms with Gasteiger partial charge < -0.3 is 9.32 Å². The van der Waals surface area contributed by atoms with Crippen molar-refractivity contribution in [1.29, 1.82) is 0 Å². The van der Waals surface area contributed by atoms with E-state index in [4.69, 9.17) is 9.40 Å². The third-order valence-corrected chi connectivity index (χ3v) is 9.85. The van der Waals surface area contributed by atoms with E-state index in [0.29, 0.717) is 5.89 Å². The lowest BCUT2D eigenvalue weighted by atomic mass is 9.91. The van der Waals surface area contributed by atoms with Gasteiger partial charge in [-0.2, -0.15) is 0 Å². The van der Waals surface area contributed by atoms with Crippen LogP contribution in [-0.4, -0.2) is 4.98 Å². The molecule has 1 aromatic heterocycles. The lowest BCUT2D eigenvalue weighted by Crippen LogP contribution is -2.10. The first-order valence-corrected chi connectivity index (χ1v) is 17.0. The van der Waals surface area contributed by atoms with Gasteiger partial charge in [0, 0.05) is 33.1 Å². The number of anilines is 3. The Balaban J connectivity index is 1.22. The van der Waals surface area contributed by atoms with E-state index in [1.165, 1.54) is 27.1 Å². The fourth-order valence-corrected chi connectivity index (χ4v) is 7.57. The van der Waals surface area contributed by atoms with E-state index >= 15 is 0 Å². The summed E-state index contributed by atoms with van der Waals surface area (Å²) in [7, 11) is 0. The summed E-state index contributed by atoms with van der Waals surface area (Å²) in [5.41, 5.74) is 8.40. The molecule has 0 atom stereocenters. The Hall–Kier alpha value is -6.71. The Kier molecular flexibility index (Phi) is 6.49. The molecule has 0 aliphatic carbocycles. The smallest absolute Gasteiger partial charge is 0.227 e. The van der Waals surface area contributed by atoms with E-state index in [0.717, 1.165) is 60.8 Å². The summed E-state index contributed by atoms with van der Waals surface area (Å²) < 4.78 is 6.59. The molecule has 0 aliphatic rings. The van der Waals surface area contributed by atoms with E-state index in [9.17, 15) is 0 Å². The molecule has 3 heteroatoms. The zero-order chi connectivity index (χ0) is 33.0. The highest BCUT2D eigenvalue weighted by Gasteiger charge is 2.20. The Bertz CT molecular complexity index is 2820. The van der Waals surface area contributed by atoms with Crippen molar-refractivity contribution in [2.75, 3.05) is 4.90 Å². The molecular formula is C47H30N2O. The zero-order valence-electron chi connectivity index (χ0n) is 27.1. The summed E-state index contributed by atoms with van der Waals surface area (Å²) in [5, 5.41) is 9.24. The number of nitrogens with zero attached hydrogens (tertiary/aromatic N) is 2. The lowest BCUT2D eigenvalue weighted by molar-refractivity contribution is 0.623. The van der Waals surface area contributed by atoms with E-state index in [2.05, 4.69) is 169 Å². The van der Waals surface area contributed by atoms with Gasteiger partial charge in [-0.25, -0.2) is 4.98 Å². The molecule has 9 aromatic carbocycles. The summed E-state index contributed by atoms with van der Waals surface area (Å²) in [6, 6.07) is 64.5. The van der Waals surface area contributed by atoms with E-state index in [1.54, 1.807) is 0 Å². The molecule has 0 saturated carbocycles. The molecule has 234 valence electrons. The molecule has 0 amide bonds. The molecule has 1 heterocycles. The van der Waals surface area contributed by atoms with Crippen LogP contribution in [0.15, 0.2) is 186 Å². The molecule has 0 aliphatic heterocycles. The van der Waals surface area contributed by atoms with Gasteiger partial charge in [-0.05, 0) is 86.6 Å². The van der Waals surface area contributed by atoms with Crippen molar-refractivity contribution in [3.8, 4) is 22.6 Å². The van der Waals surface area contributed by atoms with Gasteiger partial charge in [0.15, 0.2) is 5.58 Å². The van der Waals surface area contributed by atoms with Crippen LogP contribution in [0.3, 0.4) is 0 Å². The number of oxazole rings is 1. The molecule has 50 heavy (non-hydrogen) atoms. The first-order valence-electron chi connectivity index (χ1n) is 17.0. The van der Waals surface area contributed by atoms with Gasteiger partial charge in [-0.3, -0.25) is 0 Å². The van der Waals surface area contributed by atoms with Gasteiger partial charge in [0.1, 0.15) is 5.52 Å². The summed E-state index contributed by atoms with van der Waals surface area (Å²) >= 11 is 0. The van der Waals surface area contributed by atoms with Gasteiger partial charge in [0.25, 0.3) is 0 Å². The molecule has 3 nitrogen and oxygen atoms in total. The maximum Gasteiger partial charge on any atom is 0.227 e. The average Bonchev–Trinajstić information content (AvgIpc) is 3.65. The average molecular weight is 639 g/mol. The van der Waals surface area contributed by atoms with E-state index in [1.807, 2.05) is 18.2 Å². The first-order chi connectivity index (χ1) is 24.8. The fourth-order valence-electron chi connectivity index (χ4n) is 7.57. The number of para-hydroxylation sites is 2. The third kappa shape index (κ3) is 4.48. The molecule has 10 rings (SSSR count). The second kappa shape index (κ2) is 11.5. The topological polar surface area (TPSA) is 29.3 Å². The maximum atomic E-state index is 6.59. The van der Waals surface area contributed by atoms with E-state index < -0.39 is 0 Å². The number of fused-ring (bicyclic) bond motifs is 9. The molecule has 0 saturated heterocycles. The minimum atomic E-state index is 0.634. The van der Waals surface area contributed by atoms with Gasteiger partial charge in [0.05, 0.1) is 5.69 Å². The van der Waals surface area contributed by atoms with Crippen molar-refractivity contribution < 1.29 is 4.42 Å². The fraction of sp³-hybridized carbons (Fsp3) is 0. The summed E-state index contributed by atoms with van der Waals surface area (Å²) in [6.45, 7) is 0. The maximum absolute atomic E-state index is 6.59. The highest BCUT2D eigenvalue weighted by molar-refractivity contribution is 6.30. The van der Waals surface area contributed by atoms with Crippen molar-refractivity contribution in [1.82, 2.24) is 4.98 Å². The molecule has 0 fully saturated rings. The van der Waals surface area contributed by atoms with Crippen molar-refractivity contribution in [3.63, 3.8) is 0 Å². The van der Waals surface area contributed by atoms with Crippen LogP contribution in [0, 0.1) is 0 Å². The highest BCUT2D eigenvalue weighted by Crippen LogP contribution is 2.44. The number of aromatic nitrogens is 1. The van der Waals surface area contributed by atoms with Crippen LogP contribution >= 0.6 is 0 Å². The van der Waals surface area contributed by atoms with Crippen LogP contribution in [0.4, 0.5) is 17.1 Å². The number of hydrogen-bond donors (Lipinski definition) is 0. The second-order valence-corrected chi connectivity index (χ2v) is 12.7. The van der Waals surface area contributed by atoms with E-state index in [-0.39, 0.29) is 0 Å². The molecule has 0 N–H and O–H groups in total. The zero-order valence-corrected chi connectivity index (χ0v) is 27.1. The first kappa shape index (κ1) is 28.3. The van der Waals surface area contributed by atoms with Crippen LogP contribution in [-0.2, 0) is 0 Å². The highest BCUT2D eigenvalue weighted by atomic mass is 16.3. The molecule has 0 radical (unpaired) electrons. The van der Waals surface area contributed by atoms with Gasteiger partial charge in [-0.1, -0.05) is 133 Å². The predicted octanol–water partition coefficient (Wildman–Crippen LogP) is 13.2. The SMILES string of the molecule is c1ccc(-c2nc3c(o2)c2ccccc2c2ccc4ccc(-c5ccc(N(c6ccccc6)c6ccccc6)c6ccccc56)cc4c23)cc1. The Labute approximate surface area is 289 Å². The quantitative estimate of drug-likeness (QED) is 0.176. The molecule has 0 bridgehead atoms. The number of benzene rings is 9.